The van der Waals surface area contributed by atoms with Crippen LogP contribution in [-0.2, 0) is 11.3 Å². The van der Waals surface area contributed by atoms with Gasteiger partial charge in [0.25, 0.3) is 5.69 Å². The number of halogens is 1. The minimum atomic E-state index is -0.714. The first-order valence-electron chi connectivity index (χ1n) is 6.93. The number of nitrogens with one attached hydrogen (secondary N) is 1. The fourth-order valence-corrected chi connectivity index (χ4v) is 1.79. The molecule has 0 aliphatic heterocycles. The van der Waals surface area contributed by atoms with Crippen molar-refractivity contribution < 1.29 is 18.8 Å². The van der Waals surface area contributed by atoms with Crippen molar-refractivity contribution in [3.63, 3.8) is 0 Å². The van der Waals surface area contributed by atoms with Crippen LogP contribution < -0.4 is 5.32 Å². The van der Waals surface area contributed by atoms with E-state index >= 15 is 0 Å². The van der Waals surface area contributed by atoms with Gasteiger partial charge in [0.15, 0.2) is 0 Å². The molecule has 0 saturated carbocycles. The number of hydrogen-bond acceptors (Lipinski definition) is 4. The van der Waals surface area contributed by atoms with E-state index < -0.39 is 22.5 Å². The van der Waals surface area contributed by atoms with Crippen molar-refractivity contribution in [1.29, 1.82) is 0 Å². The molecule has 0 aliphatic carbocycles. The Morgan fingerprint density at radius 1 is 1.25 bits per heavy atom. The lowest BCUT2D eigenvalue weighted by molar-refractivity contribution is -0.385. The van der Waals surface area contributed by atoms with Crippen molar-refractivity contribution in [3.05, 3.63) is 75.6 Å². The van der Waals surface area contributed by atoms with E-state index in [1.54, 1.807) is 0 Å². The summed E-state index contributed by atoms with van der Waals surface area (Å²) in [6.45, 7) is 0.0751. The molecule has 122 valence electrons. The lowest BCUT2D eigenvalue weighted by Crippen LogP contribution is -2.24. The van der Waals surface area contributed by atoms with E-state index in [-0.39, 0.29) is 18.7 Å². The summed E-state index contributed by atoms with van der Waals surface area (Å²) >= 11 is 0. The molecule has 2 aromatic carbocycles. The summed E-state index contributed by atoms with van der Waals surface area (Å²) in [5.74, 6) is 4.37. The van der Waals surface area contributed by atoms with E-state index in [9.17, 15) is 19.3 Å². The minimum absolute atomic E-state index is 0.0534. The summed E-state index contributed by atoms with van der Waals surface area (Å²) in [5, 5.41) is 13.2. The summed E-state index contributed by atoms with van der Waals surface area (Å²) in [7, 11) is 0. The molecule has 0 aliphatic rings. The van der Waals surface area contributed by atoms with Gasteiger partial charge in [-0.25, -0.2) is 9.18 Å². The van der Waals surface area contributed by atoms with E-state index in [2.05, 4.69) is 17.2 Å². The number of alkyl carbamates (subject to hydrolysis) is 1. The summed E-state index contributed by atoms with van der Waals surface area (Å²) in [5.41, 5.74) is 0.496. The van der Waals surface area contributed by atoms with E-state index in [1.165, 1.54) is 6.07 Å². The van der Waals surface area contributed by atoms with Gasteiger partial charge < -0.3 is 10.1 Å². The maximum absolute atomic E-state index is 13.0. The summed E-state index contributed by atoms with van der Waals surface area (Å²) in [6.07, 6.45) is -0.651. The summed E-state index contributed by atoms with van der Waals surface area (Å²) in [4.78, 5) is 21.6. The van der Waals surface area contributed by atoms with E-state index in [0.29, 0.717) is 0 Å². The Morgan fingerprint density at radius 2 is 2.00 bits per heavy atom. The van der Waals surface area contributed by atoms with Gasteiger partial charge in [-0.3, -0.25) is 10.1 Å². The van der Waals surface area contributed by atoms with Crippen LogP contribution >= 0.6 is 0 Å². The van der Waals surface area contributed by atoms with Gasteiger partial charge in [0.2, 0.25) is 0 Å². The number of nitrogens with zero attached hydrogens (tertiary/aromatic N) is 1. The molecule has 6 nitrogen and oxygen atoms in total. The standard InChI is InChI=1S/C17H13FN2O4/c18-15-9-8-14(16(11-15)20(22)23)7-4-10-19-17(21)24-12-13-5-2-1-3-6-13/h1-3,5-6,8-9,11H,10,12H2,(H,19,21). The van der Waals surface area contributed by atoms with Gasteiger partial charge in [0.05, 0.1) is 17.5 Å². The maximum atomic E-state index is 13.0. The molecule has 1 N–H and O–H groups in total. The number of carbonyl (C=O) groups is 1. The Bertz CT molecular complexity index is 797. The molecule has 0 bridgehead atoms. The second kappa shape index (κ2) is 8.29. The maximum Gasteiger partial charge on any atom is 0.408 e. The zero-order valence-corrected chi connectivity index (χ0v) is 12.5. The highest BCUT2D eigenvalue weighted by atomic mass is 19.1. The van der Waals surface area contributed by atoms with Crippen molar-refractivity contribution in [2.24, 2.45) is 0 Å². The second-order valence-electron chi connectivity index (χ2n) is 4.64. The van der Waals surface area contributed by atoms with Crippen molar-refractivity contribution in [3.8, 4) is 11.8 Å². The fourth-order valence-electron chi connectivity index (χ4n) is 1.79. The zero-order valence-electron chi connectivity index (χ0n) is 12.5. The molecule has 0 saturated heterocycles. The number of carbonyl (C=O) groups excluding carboxylic acids is 1. The van der Waals surface area contributed by atoms with E-state index in [1.807, 2.05) is 30.3 Å². The quantitative estimate of drug-likeness (QED) is 0.531. The Balaban J connectivity index is 1.85. The molecule has 0 unspecified atom stereocenters. The van der Waals surface area contributed by atoms with Gasteiger partial charge in [0.1, 0.15) is 18.0 Å². The Hall–Kier alpha value is -3.40. The smallest absolute Gasteiger partial charge is 0.408 e. The molecule has 2 rings (SSSR count). The first-order chi connectivity index (χ1) is 11.6. The number of amides is 1. The monoisotopic (exact) mass is 328 g/mol. The molecule has 2 aromatic rings. The number of hydrogen-bond donors (Lipinski definition) is 1. The molecule has 0 spiro atoms. The van der Waals surface area contributed by atoms with Gasteiger partial charge >= 0.3 is 6.09 Å². The highest BCUT2D eigenvalue weighted by Gasteiger charge is 2.12. The third-order valence-corrected chi connectivity index (χ3v) is 2.91. The second-order valence-corrected chi connectivity index (χ2v) is 4.64. The SMILES string of the molecule is O=C(NCC#Cc1ccc(F)cc1[N+](=O)[O-])OCc1ccccc1. The highest BCUT2D eigenvalue weighted by Crippen LogP contribution is 2.18. The van der Waals surface area contributed by atoms with Gasteiger partial charge in [-0.15, -0.1) is 0 Å². The lowest BCUT2D eigenvalue weighted by atomic mass is 10.2. The molecule has 0 heterocycles. The van der Waals surface area contributed by atoms with Gasteiger partial charge in [-0.1, -0.05) is 42.2 Å². The van der Waals surface area contributed by atoms with Crippen LogP contribution in [0.3, 0.4) is 0 Å². The average Bonchev–Trinajstić information content (AvgIpc) is 2.58. The van der Waals surface area contributed by atoms with Crippen LogP contribution in [0.4, 0.5) is 14.9 Å². The Kier molecular flexibility index (Phi) is 5.86. The Morgan fingerprint density at radius 3 is 2.71 bits per heavy atom. The third-order valence-electron chi connectivity index (χ3n) is 2.91. The van der Waals surface area contributed by atoms with Crippen LogP contribution in [-0.4, -0.2) is 17.6 Å². The molecule has 24 heavy (non-hydrogen) atoms. The highest BCUT2D eigenvalue weighted by molar-refractivity contribution is 5.67. The summed E-state index contributed by atoms with van der Waals surface area (Å²) in [6, 6.07) is 12.3. The van der Waals surface area contributed by atoms with Crippen LogP contribution in [0.25, 0.3) is 0 Å². The third kappa shape index (κ3) is 5.10. The van der Waals surface area contributed by atoms with Gasteiger partial charge in [0, 0.05) is 0 Å². The predicted molar refractivity (Wildman–Crippen MR) is 84.6 cm³/mol. The van der Waals surface area contributed by atoms with Gasteiger partial charge in [-0.2, -0.15) is 0 Å². The number of ether oxygens (including phenoxy) is 1. The van der Waals surface area contributed by atoms with Crippen molar-refractivity contribution in [2.75, 3.05) is 6.54 Å². The molecule has 0 fully saturated rings. The number of benzene rings is 2. The van der Waals surface area contributed by atoms with E-state index in [4.69, 9.17) is 4.74 Å². The predicted octanol–water partition coefficient (Wildman–Crippen LogP) is 3.01. The average molecular weight is 328 g/mol. The Labute approximate surface area is 137 Å². The largest absolute Gasteiger partial charge is 0.445 e. The van der Waals surface area contributed by atoms with Crippen LogP contribution in [0.15, 0.2) is 48.5 Å². The first kappa shape index (κ1) is 17.0. The van der Waals surface area contributed by atoms with Crippen LogP contribution in [0.2, 0.25) is 0 Å². The van der Waals surface area contributed by atoms with Crippen molar-refractivity contribution >= 4 is 11.8 Å². The molecular formula is C17H13FN2O4. The lowest BCUT2D eigenvalue weighted by Gasteiger charge is -2.04. The zero-order chi connectivity index (χ0) is 17.4. The number of nitro groups is 1. The van der Waals surface area contributed by atoms with Crippen LogP contribution in [0, 0.1) is 27.8 Å². The van der Waals surface area contributed by atoms with Gasteiger partial charge in [-0.05, 0) is 17.7 Å². The topological polar surface area (TPSA) is 81.5 Å². The normalized spacial score (nSPS) is 9.54. The van der Waals surface area contributed by atoms with Crippen LogP contribution in [0.5, 0.6) is 0 Å². The number of nitro benzene ring substituents is 1. The fraction of sp³-hybridized carbons (Fsp3) is 0.118. The first-order valence-corrected chi connectivity index (χ1v) is 6.93. The number of rotatable bonds is 4. The molecule has 7 heteroatoms. The molecule has 0 atom stereocenters. The van der Waals surface area contributed by atoms with Crippen LogP contribution in [0.1, 0.15) is 11.1 Å². The van der Waals surface area contributed by atoms with Crippen molar-refractivity contribution in [1.82, 2.24) is 5.32 Å². The molecule has 1 amide bonds. The molecular weight excluding hydrogens is 315 g/mol. The van der Waals surface area contributed by atoms with Crippen molar-refractivity contribution in [2.45, 2.75) is 6.61 Å². The van der Waals surface area contributed by atoms with E-state index in [0.717, 1.165) is 17.7 Å². The minimum Gasteiger partial charge on any atom is -0.445 e. The molecule has 0 aromatic heterocycles. The molecule has 0 radical (unpaired) electrons. The summed E-state index contributed by atoms with van der Waals surface area (Å²) < 4.78 is 18.0.